The number of nitrogens with one attached hydrogen (secondary N) is 1. The quantitative estimate of drug-likeness (QED) is 0.600. The molecule has 4 rings (SSSR count). The minimum Gasteiger partial charge on any atom is -0.444 e. The Bertz CT molecular complexity index is 1110. The first kappa shape index (κ1) is 21.3. The zero-order valence-corrected chi connectivity index (χ0v) is 18.4. The number of likely N-dealkylation sites (tertiary alicyclic amines) is 1. The molecule has 0 aromatic carbocycles. The third kappa shape index (κ3) is 4.71. The van der Waals surface area contributed by atoms with Crippen molar-refractivity contribution in [3.8, 4) is 11.5 Å². The van der Waals surface area contributed by atoms with Crippen LogP contribution in [-0.2, 0) is 4.74 Å². The van der Waals surface area contributed by atoms with Crippen LogP contribution < -0.4 is 5.32 Å². The molecule has 0 bridgehead atoms. The number of piperidine rings is 1. The molecule has 31 heavy (non-hydrogen) atoms. The number of pyridine rings is 1. The molecule has 8 nitrogen and oxygen atoms in total. The summed E-state index contributed by atoms with van der Waals surface area (Å²) in [5.74, 6) is -0.474. The second-order valence-electron chi connectivity index (χ2n) is 8.48. The highest BCUT2D eigenvalue weighted by molar-refractivity contribution is 6.29. The predicted octanol–water partition coefficient (Wildman–Crippen LogP) is 4.40. The molecule has 4 heterocycles. The molecule has 0 unspecified atom stereocenters. The number of fused-ring (bicyclic) bond motifs is 1. The number of hydrogen-bond acceptors (Lipinski definition) is 6. The van der Waals surface area contributed by atoms with Crippen LogP contribution in [0.2, 0.25) is 5.15 Å². The largest absolute Gasteiger partial charge is 0.444 e. The van der Waals surface area contributed by atoms with Crippen LogP contribution in [0.1, 0.15) is 33.6 Å². The molecule has 1 aliphatic heterocycles. The van der Waals surface area contributed by atoms with Crippen molar-refractivity contribution in [3.63, 3.8) is 0 Å². The Labute approximate surface area is 184 Å². The average Bonchev–Trinajstić information content (AvgIpc) is 3.14. The smallest absolute Gasteiger partial charge is 0.410 e. The van der Waals surface area contributed by atoms with Crippen molar-refractivity contribution in [2.45, 2.75) is 45.3 Å². The lowest BCUT2D eigenvalue weighted by Crippen LogP contribution is -2.47. The molecule has 3 aromatic rings. The standard InChI is InChI=1S/C21H24ClFN6O2/c1-21(2,3)31-20(30)28-9-6-7-13(12-28)25-19-16(23)17(22)26-18(27-19)14-11-24-15-8-4-5-10-29(14)15/h4-5,8,10-11,13H,6-7,9,12H2,1-3H3,(H,25,26,27)/t13-/m1/s1. The van der Waals surface area contributed by atoms with E-state index >= 15 is 0 Å². The van der Waals surface area contributed by atoms with E-state index in [1.807, 2.05) is 45.2 Å². The van der Waals surface area contributed by atoms with Gasteiger partial charge in [0, 0.05) is 25.3 Å². The molecule has 1 aliphatic rings. The summed E-state index contributed by atoms with van der Waals surface area (Å²) in [5, 5.41) is 2.82. The Balaban J connectivity index is 1.56. The minimum absolute atomic E-state index is 0.00285. The number of halogens is 2. The van der Waals surface area contributed by atoms with Crippen LogP contribution >= 0.6 is 11.6 Å². The maximum Gasteiger partial charge on any atom is 0.410 e. The van der Waals surface area contributed by atoms with Crippen LogP contribution in [0.3, 0.4) is 0 Å². The SMILES string of the molecule is CC(C)(C)OC(=O)N1CCC[C@@H](Nc2nc(-c3cnc4ccccn34)nc(Cl)c2F)C1. The van der Waals surface area contributed by atoms with Gasteiger partial charge in [0.2, 0.25) is 5.82 Å². The van der Waals surface area contributed by atoms with Crippen LogP contribution in [-0.4, -0.2) is 55.1 Å². The van der Waals surface area contributed by atoms with E-state index in [9.17, 15) is 9.18 Å². The normalized spacial score (nSPS) is 17.1. The molecule has 0 radical (unpaired) electrons. The molecule has 1 amide bonds. The lowest BCUT2D eigenvalue weighted by Gasteiger charge is -2.34. The number of amides is 1. The lowest BCUT2D eigenvalue weighted by molar-refractivity contribution is 0.0206. The third-order valence-corrected chi connectivity index (χ3v) is 5.12. The first-order valence-electron chi connectivity index (χ1n) is 10.1. The lowest BCUT2D eigenvalue weighted by atomic mass is 10.1. The maximum absolute atomic E-state index is 14.7. The van der Waals surface area contributed by atoms with Crippen molar-refractivity contribution in [3.05, 3.63) is 41.6 Å². The number of carbonyl (C=O) groups excluding carboxylic acids is 1. The van der Waals surface area contributed by atoms with Crippen molar-refractivity contribution >= 4 is 29.2 Å². The van der Waals surface area contributed by atoms with Gasteiger partial charge >= 0.3 is 6.09 Å². The van der Waals surface area contributed by atoms with Crippen LogP contribution in [0.15, 0.2) is 30.6 Å². The Morgan fingerprint density at radius 3 is 2.90 bits per heavy atom. The van der Waals surface area contributed by atoms with Gasteiger partial charge in [0.1, 0.15) is 16.9 Å². The zero-order chi connectivity index (χ0) is 22.2. The molecular formula is C21H24ClFN6O2. The molecule has 1 atom stereocenters. The molecule has 1 fully saturated rings. The Morgan fingerprint density at radius 1 is 1.32 bits per heavy atom. The number of aromatic nitrogens is 4. The predicted molar refractivity (Wildman–Crippen MR) is 116 cm³/mol. The molecule has 1 N–H and O–H groups in total. The van der Waals surface area contributed by atoms with E-state index in [-0.39, 0.29) is 28.9 Å². The molecule has 1 saturated heterocycles. The number of imidazole rings is 1. The molecule has 3 aromatic heterocycles. The highest BCUT2D eigenvalue weighted by Crippen LogP contribution is 2.27. The summed E-state index contributed by atoms with van der Waals surface area (Å²) < 4.78 is 22.0. The highest BCUT2D eigenvalue weighted by atomic mass is 35.5. The number of nitrogens with zero attached hydrogens (tertiary/aromatic N) is 5. The molecular weight excluding hydrogens is 423 g/mol. The van der Waals surface area contributed by atoms with Crippen LogP contribution in [0.25, 0.3) is 17.2 Å². The molecule has 0 aliphatic carbocycles. The van der Waals surface area contributed by atoms with E-state index in [2.05, 4.69) is 20.3 Å². The van der Waals surface area contributed by atoms with E-state index in [0.717, 1.165) is 18.5 Å². The Kier molecular flexibility index (Phi) is 5.70. The Morgan fingerprint density at radius 2 is 2.13 bits per heavy atom. The van der Waals surface area contributed by atoms with E-state index in [1.165, 1.54) is 0 Å². The fraction of sp³-hybridized carbons (Fsp3) is 0.429. The van der Waals surface area contributed by atoms with Crippen molar-refractivity contribution in [2.24, 2.45) is 0 Å². The van der Waals surface area contributed by atoms with E-state index in [0.29, 0.717) is 18.8 Å². The van der Waals surface area contributed by atoms with Gasteiger partial charge in [-0.05, 0) is 45.7 Å². The summed E-state index contributed by atoms with van der Waals surface area (Å²) in [4.78, 5) is 26.8. The molecule has 0 saturated carbocycles. The van der Waals surface area contributed by atoms with Crippen molar-refractivity contribution in [2.75, 3.05) is 18.4 Å². The van der Waals surface area contributed by atoms with Crippen molar-refractivity contribution in [1.82, 2.24) is 24.3 Å². The number of carbonyl (C=O) groups is 1. The molecule has 164 valence electrons. The summed E-state index contributed by atoms with van der Waals surface area (Å²) in [7, 11) is 0. The van der Waals surface area contributed by atoms with Gasteiger partial charge in [0.25, 0.3) is 0 Å². The summed E-state index contributed by atoms with van der Waals surface area (Å²) in [5.41, 5.74) is 0.739. The minimum atomic E-state index is -0.728. The molecule has 0 spiro atoms. The third-order valence-electron chi connectivity index (χ3n) is 4.87. The van der Waals surface area contributed by atoms with Crippen molar-refractivity contribution in [1.29, 1.82) is 0 Å². The zero-order valence-electron chi connectivity index (χ0n) is 17.6. The van der Waals surface area contributed by atoms with Gasteiger partial charge in [-0.15, -0.1) is 0 Å². The van der Waals surface area contributed by atoms with E-state index < -0.39 is 11.4 Å². The van der Waals surface area contributed by atoms with Gasteiger partial charge in [-0.2, -0.15) is 4.39 Å². The van der Waals surface area contributed by atoms with E-state index in [1.54, 1.807) is 15.5 Å². The van der Waals surface area contributed by atoms with Gasteiger partial charge in [0.15, 0.2) is 16.8 Å². The van der Waals surface area contributed by atoms with Gasteiger partial charge in [-0.3, -0.25) is 4.40 Å². The number of rotatable bonds is 3. The van der Waals surface area contributed by atoms with Gasteiger partial charge in [-0.1, -0.05) is 17.7 Å². The summed E-state index contributed by atoms with van der Waals surface area (Å²) >= 11 is 6.08. The monoisotopic (exact) mass is 446 g/mol. The first-order chi connectivity index (χ1) is 14.7. The van der Waals surface area contributed by atoms with Gasteiger partial charge < -0.3 is 15.0 Å². The number of ether oxygens (including phenoxy) is 1. The Hall–Kier alpha value is -2.94. The van der Waals surface area contributed by atoms with Gasteiger partial charge in [0.05, 0.1) is 6.20 Å². The highest BCUT2D eigenvalue weighted by Gasteiger charge is 2.29. The van der Waals surface area contributed by atoms with Gasteiger partial charge in [-0.25, -0.2) is 19.7 Å². The molecule has 10 heteroatoms. The van der Waals surface area contributed by atoms with Crippen LogP contribution in [0.5, 0.6) is 0 Å². The second-order valence-corrected chi connectivity index (χ2v) is 8.84. The number of anilines is 1. The summed E-state index contributed by atoms with van der Waals surface area (Å²) in [6, 6.07) is 5.38. The number of hydrogen-bond donors (Lipinski definition) is 1. The summed E-state index contributed by atoms with van der Waals surface area (Å²) in [6.07, 6.45) is 4.58. The second kappa shape index (κ2) is 8.30. The van der Waals surface area contributed by atoms with Crippen LogP contribution in [0, 0.1) is 5.82 Å². The maximum atomic E-state index is 14.7. The van der Waals surface area contributed by atoms with E-state index in [4.69, 9.17) is 16.3 Å². The fourth-order valence-corrected chi connectivity index (χ4v) is 3.68. The van der Waals surface area contributed by atoms with Crippen LogP contribution in [0.4, 0.5) is 15.0 Å². The van der Waals surface area contributed by atoms with Crippen molar-refractivity contribution < 1.29 is 13.9 Å². The fourth-order valence-electron chi connectivity index (χ4n) is 3.51. The average molecular weight is 447 g/mol. The first-order valence-corrected chi connectivity index (χ1v) is 10.5. The topological polar surface area (TPSA) is 84.6 Å². The summed E-state index contributed by atoms with van der Waals surface area (Å²) in [6.45, 7) is 6.44.